The zero-order chi connectivity index (χ0) is 22.0. The smallest absolute Gasteiger partial charge is 0.323 e. The lowest BCUT2D eigenvalue weighted by Crippen LogP contribution is -2.37. The Kier molecular flexibility index (Phi) is 5.92. The number of nitrogens with zero attached hydrogens (tertiary/aromatic N) is 4. The average molecular weight is 445 g/mol. The van der Waals surface area contributed by atoms with Crippen LogP contribution in [0.5, 0.6) is 5.88 Å². The highest BCUT2D eigenvalue weighted by Crippen LogP contribution is 2.35. The first-order valence-electron chi connectivity index (χ1n) is 10.1. The lowest BCUT2D eigenvalue weighted by Gasteiger charge is -2.31. The van der Waals surface area contributed by atoms with Crippen LogP contribution in [-0.4, -0.2) is 58.0 Å². The maximum absolute atomic E-state index is 13.0. The van der Waals surface area contributed by atoms with Crippen LogP contribution in [0.1, 0.15) is 31.2 Å². The van der Waals surface area contributed by atoms with Crippen molar-refractivity contribution in [2.24, 2.45) is 0 Å². The second-order valence-electron chi connectivity index (χ2n) is 7.44. The van der Waals surface area contributed by atoms with E-state index in [1.54, 1.807) is 23.0 Å². The molecular formula is C21H24N4O5S. The molecule has 4 rings (SSSR count). The number of sulfonamides is 1. The van der Waals surface area contributed by atoms with Crippen molar-refractivity contribution in [1.29, 1.82) is 0 Å². The van der Waals surface area contributed by atoms with E-state index in [-0.39, 0.29) is 17.4 Å². The molecule has 164 valence electrons. The van der Waals surface area contributed by atoms with Crippen LogP contribution in [0.3, 0.4) is 0 Å². The van der Waals surface area contributed by atoms with Gasteiger partial charge >= 0.3 is 5.97 Å². The predicted octanol–water partition coefficient (Wildman–Crippen LogP) is 2.48. The summed E-state index contributed by atoms with van der Waals surface area (Å²) in [5, 5.41) is 10.2. The minimum Gasteiger partial charge on any atom is -0.480 e. The lowest BCUT2D eigenvalue weighted by atomic mass is 9.90. The average Bonchev–Trinajstić information content (AvgIpc) is 3.12. The van der Waals surface area contributed by atoms with Gasteiger partial charge in [0.15, 0.2) is 0 Å². The Morgan fingerprint density at radius 3 is 2.65 bits per heavy atom. The normalized spacial score (nSPS) is 15.9. The van der Waals surface area contributed by atoms with Gasteiger partial charge in [0.25, 0.3) is 0 Å². The van der Waals surface area contributed by atoms with E-state index in [1.807, 2.05) is 19.2 Å². The third-order valence-corrected chi connectivity index (χ3v) is 7.44. The van der Waals surface area contributed by atoms with Gasteiger partial charge in [-0.1, -0.05) is 0 Å². The molecule has 0 spiro atoms. The Bertz CT molecular complexity index is 1180. The third-order valence-electron chi connectivity index (χ3n) is 5.55. The first kappa shape index (κ1) is 21.3. The summed E-state index contributed by atoms with van der Waals surface area (Å²) in [4.78, 5) is 19.6. The number of carboxylic acids is 1. The predicted molar refractivity (Wildman–Crippen MR) is 114 cm³/mol. The molecule has 9 nitrogen and oxygen atoms in total. The van der Waals surface area contributed by atoms with Crippen molar-refractivity contribution < 1.29 is 23.1 Å². The molecule has 3 aromatic rings. The Morgan fingerprint density at radius 2 is 2.00 bits per heavy atom. The van der Waals surface area contributed by atoms with Crippen molar-refractivity contribution in [1.82, 2.24) is 18.8 Å². The van der Waals surface area contributed by atoms with E-state index in [0.717, 1.165) is 16.5 Å². The van der Waals surface area contributed by atoms with E-state index in [0.29, 0.717) is 38.4 Å². The van der Waals surface area contributed by atoms with E-state index in [1.165, 1.54) is 16.6 Å². The van der Waals surface area contributed by atoms with Crippen LogP contribution in [0.25, 0.3) is 10.9 Å². The van der Waals surface area contributed by atoms with Gasteiger partial charge in [-0.15, -0.1) is 0 Å². The number of rotatable bonds is 7. The number of carbonyl (C=O) groups is 1. The van der Waals surface area contributed by atoms with Crippen molar-refractivity contribution in [3.63, 3.8) is 0 Å². The van der Waals surface area contributed by atoms with Gasteiger partial charge in [-0.3, -0.25) is 9.78 Å². The molecule has 0 bridgehead atoms. The zero-order valence-electron chi connectivity index (χ0n) is 17.1. The highest BCUT2D eigenvalue weighted by Gasteiger charge is 2.31. The summed E-state index contributed by atoms with van der Waals surface area (Å²) in [7, 11) is -3.63. The molecule has 1 aliphatic rings. The standard InChI is InChI=1S/C21H24N4O5S/c1-2-30-20-4-3-16(11-23-20)31(28,29)25-9-6-15(7-10-25)18-13-24(14-21(26)27)19-12-22-8-5-17(18)19/h3-5,8,11-13,15H,2,6-7,9-10,14H2,1H3,(H,26,27). The Labute approximate surface area is 180 Å². The van der Waals surface area contributed by atoms with Gasteiger partial charge in [-0.05, 0) is 43.4 Å². The van der Waals surface area contributed by atoms with Crippen LogP contribution < -0.4 is 4.74 Å². The molecule has 1 fully saturated rings. The minimum absolute atomic E-state index is 0.139. The summed E-state index contributed by atoms with van der Waals surface area (Å²) in [5.41, 5.74) is 1.81. The van der Waals surface area contributed by atoms with Crippen molar-refractivity contribution in [3.8, 4) is 5.88 Å². The molecule has 1 saturated heterocycles. The third kappa shape index (κ3) is 4.26. The Balaban J connectivity index is 1.51. The van der Waals surface area contributed by atoms with Crippen LogP contribution in [0.2, 0.25) is 0 Å². The maximum atomic E-state index is 13.0. The fourth-order valence-electron chi connectivity index (χ4n) is 4.08. The lowest BCUT2D eigenvalue weighted by molar-refractivity contribution is -0.137. The molecule has 0 atom stereocenters. The highest BCUT2D eigenvalue weighted by molar-refractivity contribution is 7.89. The summed E-state index contributed by atoms with van der Waals surface area (Å²) in [6, 6.07) is 4.97. The number of pyridine rings is 2. The molecule has 0 amide bonds. The van der Waals surface area contributed by atoms with Crippen LogP contribution in [0, 0.1) is 0 Å². The first-order chi connectivity index (χ1) is 14.9. The van der Waals surface area contributed by atoms with Gasteiger partial charge in [0.2, 0.25) is 15.9 Å². The summed E-state index contributed by atoms with van der Waals surface area (Å²) < 4.78 is 34.5. The number of piperidine rings is 1. The van der Waals surface area contributed by atoms with E-state index < -0.39 is 16.0 Å². The van der Waals surface area contributed by atoms with E-state index in [9.17, 15) is 18.3 Å². The van der Waals surface area contributed by atoms with Crippen molar-refractivity contribution in [3.05, 3.63) is 48.5 Å². The van der Waals surface area contributed by atoms with Gasteiger partial charge in [-0.2, -0.15) is 4.31 Å². The van der Waals surface area contributed by atoms with Crippen molar-refractivity contribution in [2.75, 3.05) is 19.7 Å². The van der Waals surface area contributed by atoms with E-state index >= 15 is 0 Å². The molecule has 0 unspecified atom stereocenters. The SMILES string of the molecule is CCOc1ccc(S(=O)(=O)N2CCC(c3cn(CC(=O)O)c4cnccc34)CC2)cn1. The van der Waals surface area contributed by atoms with Gasteiger partial charge in [-0.25, -0.2) is 13.4 Å². The maximum Gasteiger partial charge on any atom is 0.323 e. The fraction of sp³-hybridized carbons (Fsp3) is 0.381. The Morgan fingerprint density at radius 1 is 1.23 bits per heavy atom. The highest BCUT2D eigenvalue weighted by atomic mass is 32.2. The molecule has 31 heavy (non-hydrogen) atoms. The van der Waals surface area contributed by atoms with Crippen LogP contribution >= 0.6 is 0 Å². The Hall–Kier alpha value is -2.98. The van der Waals surface area contributed by atoms with Gasteiger partial charge in [0.05, 0.1) is 24.5 Å². The minimum atomic E-state index is -3.63. The van der Waals surface area contributed by atoms with Crippen molar-refractivity contribution in [2.45, 2.75) is 37.1 Å². The number of hydrogen-bond donors (Lipinski definition) is 1. The summed E-state index contributed by atoms with van der Waals surface area (Å²) in [6.45, 7) is 2.94. The second kappa shape index (κ2) is 8.64. The summed E-state index contributed by atoms with van der Waals surface area (Å²) >= 11 is 0. The largest absolute Gasteiger partial charge is 0.480 e. The molecule has 4 heterocycles. The zero-order valence-corrected chi connectivity index (χ0v) is 18.0. The van der Waals surface area contributed by atoms with Crippen LogP contribution in [0.4, 0.5) is 0 Å². The molecule has 1 aliphatic heterocycles. The topological polar surface area (TPSA) is 115 Å². The molecule has 0 radical (unpaired) electrons. The number of fused-ring (bicyclic) bond motifs is 1. The molecule has 3 aromatic heterocycles. The first-order valence-corrected chi connectivity index (χ1v) is 11.6. The number of ether oxygens (including phenoxy) is 1. The van der Waals surface area contributed by atoms with E-state index in [4.69, 9.17) is 4.74 Å². The van der Waals surface area contributed by atoms with Gasteiger partial charge in [0.1, 0.15) is 11.4 Å². The van der Waals surface area contributed by atoms with Gasteiger partial charge in [0, 0.05) is 36.9 Å². The number of aromatic nitrogens is 3. The quantitative estimate of drug-likeness (QED) is 0.595. The van der Waals surface area contributed by atoms with Crippen molar-refractivity contribution >= 4 is 26.9 Å². The number of aliphatic carboxylic acids is 1. The molecule has 0 aromatic carbocycles. The summed E-state index contributed by atoms with van der Waals surface area (Å²) in [6.07, 6.45) is 7.86. The van der Waals surface area contributed by atoms with Crippen LogP contribution in [-0.2, 0) is 21.4 Å². The van der Waals surface area contributed by atoms with Crippen LogP contribution in [0.15, 0.2) is 47.9 Å². The van der Waals surface area contributed by atoms with Gasteiger partial charge < -0.3 is 14.4 Å². The van der Waals surface area contributed by atoms with E-state index in [2.05, 4.69) is 9.97 Å². The molecule has 0 aliphatic carbocycles. The molecular weight excluding hydrogens is 420 g/mol. The molecule has 10 heteroatoms. The fourth-order valence-corrected chi connectivity index (χ4v) is 5.49. The number of carboxylic acid groups (broad SMARTS) is 1. The summed E-state index contributed by atoms with van der Waals surface area (Å²) in [5.74, 6) is -0.380. The monoisotopic (exact) mass is 444 g/mol. The molecule has 1 N–H and O–H groups in total. The molecule has 0 saturated carbocycles. The second-order valence-corrected chi connectivity index (χ2v) is 9.38. The number of hydrogen-bond acceptors (Lipinski definition) is 6.